The highest BCUT2D eigenvalue weighted by Gasteiger charge is 2.52. The topological polar surface area (TPSA) is 132 Å². The molecule has 0 heterocycles. The summed E-state index contributed by atoms with van der Waals surface area (Å²) >= 11 is 0. The lowest BCUT2D eigenvalue weighted by atomic mass is 9.48. The van der Waals surface area contributed by atoms with Crippen molar-refractivity contribution in [2.75, 3.05) is 33.0 Å². The first-order chi connectivity index (χ1) is 42.0. The van der Waals surface area contributed by atoms with Crippen LogP contribution in [0.25, 0.3) is 0 Å². The molecule has 10 nitrogen and oxygen atoms in total. The van der Waals surface area contributed by atoms with Crippen molar-refractivity contribution in [1.29, 1.82) is 0 Å². The van der Waals surface area contributed by atoms with Gasteiger partial charge < -0.3 is 23.7 Å². The van der Waals surface area contributed by atoms with Crippen LogP contribution < -0.4 is 0 Å². The van der Waals surface area contributed by atoms with Crippen molar-refractivity contribution in [3.63, 3.8) is 0 Å². The van der Waals surface area contributed by atoms with Crippen molar-refractivity contribution in [2.45, 2.75) is 348 Å². The third-order valence-electron chi connectivity index (χ3n) is 24.8. The number of hydrogen-bond acceptors (Lipinski definition) is 10. The van der Waals surface area contributed by atoms with Gasteiger partial charge in [-0.2, -0.15) is 0 Å². The van der Waals surface area contributed by atoms with Gasteiger partial charge in [-0.05, 0) is 294 Å². The molecule has 0 amide bonds. The number of hydrogen-bond donors (Lipinski definition) is 0. The Labute approximate surface area is 547 Å². The number of esters is 5. The fourth-order valence-corrected chi connectivity index (χ4v) is 17.2. The van der Waals surface area contributed by atoms with Gasteiger partial charge in [0.05, 0.1) is 60.1 Å². The average Bonchev–Trinajstić information content (AvgIpc) is 3.58. The molecule has 0 saturated heterocycles. The van der Waals surface area contributed by atoms with Gasteiger partial charge in [0.2, 0.25) is 0 Å². The lowest BCUT2D eigenvalue weighted by molar-refractivity contribution is -0.157. The van der Waals surface area contributed by atoms with Gasteiger partial charge in [0.25, 0.3) is 0 Å². The van der Waals surface area contributed by atoms with Gasteiger partial charge in [-0.1, -0.05) is 118 Å². The standard InChI is InChI=1S/C19H32O2.C18H30O2.C15H28O2.C14H26O2.C13H24O2/c1-4-18(2,3)17(20)21-7-5-6-19-11-14-8-15(12-19)10-16(9-14)13-19;1-4-17(2,3)16(19)20-6-5-18-10-13-7-14(11-18)9-15(8-13)12-18;1-4-15(2,3)14(16)17-12-8-11-13-9-6-5-7-10-13;1-4-14(2,3)13(15)16-11-10-12-8-6-5-7-9-12;1-4-13(2,3)12(14)15-10-11-8-6-5-7-9-11/h14-16H,4-13H2,1-3H3;13-15H,4-12H2,1-3H3;13H,4-12H2,1-3H3;12H,4-11H2,1-3H3;11H,4-10H2,1-3H3. The van der Waals surface area contributed by atoms with Crippen LogP contribution in [0.1, 0.15) is 348 Å². The molecule has 11 fully saturated rings. The zero-order valence-electron chi connectivity index (χ0n) is 60.7. The summed E-state index contributed by atoms with van der Waals surface area (Å²) in [5.41, 5.74) is -0.416. The van der Waals surface area contributed by atoms with Gasteiger partial charge in [0.1, 0.15) is 0 Å². The highest BCUT2D eigenvalue weighted by molar-refractivity contribution is 5.77. The summed E-state index contributed by atoms with van der Waals surface area (Å²) in [7, 11) is 0. The summed E-state index contributed by atoms with van der Waals surface area (Å²) in [6, 6.07) is 0. The van der Waals surface area contributed by atoms with Crippen LogP contribution in [-0.2, 0) is 47.7 Å². The molecule has 0 unspecified atom stereocenters. The zero-order valence-corrected chi connectivity index (χ0v) is 60.7. The number of carbonyl (C=O) groups excluding carboxylic acids is 5. The van der Waals surface area contributed by atoms with Crippen LogP contribution in [0.3, 0.4) is 0 Å². The van der Waals surface area contributed by atoms with Crippen molar-refractivity contribution in [3.05, 3.63) is 0 Å². The van der Waals surface area contributed by atoms with E-state index >= 15 is 0 Å². The summed E-state index contributed by atoms with van der Waals surface area (Å²) in [5, 5.41) is 0. The van der Waals surface area contributed by atoms with E-state index in [9.17, 15) is 24.0 Å². The van der Waals surface area contributed by atoms with Crippen LogP contribution in [0.2, 0.25) is 0 Å². The Morgan fingerprint density at radius 2 is 0.584 bits per heavy atom. The van der Waals surface area contributed by atoms with Crippen LogP contribution in [-0.4, -0.2) is 62.9 Å². The Morgan fingerprint density at radius 3 is 0.921 bits per heavy atom. The smallest absolute Gasteiger partial charge is 0.311 e. The van der Waals surface area contributed by atoms with E-state index in [-0.39, 0.29) is 56.9 Å². The number of ether oxygens (including phenoxy) is 5. The second-order valence-electron chi connectivity index (χ2n) is 34.5. The fraction of sp³-hybridized carbons (Fsp3) is 0.937. The van der Waals surface area contributed by atoms with Gasteiger partial charge >= 0.3 is 29.8 Å². The highest BCUT2D eigenvalue weighted by Crippen LogP contribution is 2.63. The lowest BCUT2D eigenvalue weighted by Crippen LogP contribution is -2.46. The van der Waals surface area contributed by atoms with Crippen LogP contribution in [0, 0.1) is 91.2 Å². The SMILES string of the molecule is CCC(C)(C)C(=O)OCC1CCCCC1.CCC(C)(C)C(=O)OCCC12CC3CC(CC(C3)C1)C2.CCC(C)(C)C(=O)OCCC1CCCCC1.CCC(C)(C)C(=O)OCCCC12CC3CC(CC(C3)C1)C2.CCC(C)(C)C(=O)OCCCC1CCCCC1. The highest BCUT2D eigenvalue weighted by atomic mass is 16.5. The van der Waals surface area contributed by atoms with Gasteiger partial charge in [-0.25, -0.2) is 0 Å². The van der Waals surface area contributed by atoms with Crippen molar-refractivity contribution in [1.82, 2.24) is 0 Å². The van der Waals surface area contributed by atoms with E-state index in [1.54, 1.807) is 0 Å². The minimum absolute atomic E-state index is 0.00951. The third kappa shape index (κ3) is 25.2. The van der Waals surface area contributed by atoms with Crippen LogP contribution >= 0.6 is 0 Å². The summed E-state index contributed by atoms with van der Waals surface area (Å²) in [4.78, 5) is 59.2. The van der Waals surface area contributed by atoms with Gasteiger partial charge in [-0.3, -0.25) is 24.0 Å². The Bertz CT molecular complexity index is 2030. The molecule has 0 aromatic carbocycles. The molecule has 0 N–H and O–H groups in total. The molecule has 11 saturated carbocycles. The molecular formula is C79H140O10. The van der Waals surface area contributed by atoms with Crippen molar-refractivity contribution < 1.29 is 47.7 Å². The Balaban J connectivity index is 0.000000204. The molecule has 0 atom stereocenters. The van der Waals surface area contributed by atoms with E-state index in [1.165, 1.54) is 186 Å². The molecule has 0 spiro atoms. The molecule has 11 aliphatic carbocycles. The van der Waals surface area contributed by atoms with E-state index in [4.69, 9.17) is 23.7 Å². The number of carbonyl (C=O) groups is 5. The maximum atomic E-state index is 12.1. The molecule has 0 radical (unpaired) electrons. The van der Waals surface area contributed by atoms with Crippen LogP contribution in [0.4, 0.5) is 0 Å². The van der Waals surface area contributed by atoms with Gasteiger partial charge in [0.15, 0.2) is 0 Å². The first kappa shape index (κ1) is 77.1. The van der Waals surface area contributed by atoms with E-state index in [1.807, 2.05) is 90.0 Å². The Hall–Kier alpha value is -2.65. The molecule has 11 rings (SSSR count). The molecule has 0 aliphatic heterocycles. The molecule has 11 aliphatic rings. The summed E-state index contributed by atoms with van der Waals surface area (Å²) in [6.07, 6.45) is 48.8. The van der Waals surface area contributed by atoms with Crippen molar-refractivity contribution in [2.24, 2.45) is 91.2 Å². The first-order valence-electron chi connectivity index (χ1n) is 37.9. The molecule has 516 valence electrons. The monoisotopic (exact) mass is 1250 g/mol. The van der Waals surface area contributed by atoms with Crippen LogP contribution in [0.5, 0.6) is 0 Å². The zero-order chi connectivity index (χ0) is 65.5. The lowest BCUT2D eigenvalue weighted by Gasteiger charge is -2.57. The second-order valence-corrected chi connectivity index (χ2v) is 34.5. The largest absolute Gasteiger partial charge is 0.465 e. The van der Waals surface area contributed by atoms with E-state index in [0.29, 0.717) is 49.8 Å². The van der Waals surface area contributed by atoms with E-state index in [2.05, 4.69) is 13.8 Å². The first-order valence-corrected chi connectivity index (χ1v) is 37.9. The van der Waals surface area contributed by atoms with Crippen molar-refractivity contribution in [3.8, 4) is 0 Å². The minimum atomic E-state index is -0.319. The maximum absolute atomic E-state index is 12.1. The second kappa shape index (κ2) is 36.3. The van der Waals surface area contributed by atoms with E-state index in [0.717, 1.165) is 105 Å². The normalized spacial score (nSPS) is 27.6. The summed E-state index contributed by atoms with van der Waals surface area (Å²) in [6.45, 7) is 33.0. The van der Waals surface area contributed by atoms with Gasteiger partial charge in [-0.15, -0.1) is 0 Å². The van der Waals surface area contributed by atoms with Crippen molar-refractivity contribution >= 4 is 29.8 Å². The predicted molar refractivity (Wildman–Crippen MR) is 364 cm³/mol. The molecule has 0 aromatic heterocycles. The molecular weight excluding hydrogens is 1110 g/mol. The fourth-order valence-electron chi connectivity index (χ4n) is 17.2. The molecule has 10 heteroatoms. The summed E-state index contributed by atoms with van der Waals surface area (Å²) < 4.78 is 27.2. The Morgan fingerprint density at radius 1 is 0.315 bits per heavy atom. The maximum Gasteiger partial charge on any atom is 0.311 e. The summed E-state index contributed by atoms with van der Waals surface area (Å²) in [5.74, 6) is 8.22. The number of rotatable bonds is 26. The third-order valence-corrected chi connectivity index (χ3v) is 24.8. The minimum Gasteiger partial charge on any atom is -0.465 e. The molecule has 8 bridgehead atoms. The predicted octanol–water partition coefficient (Wildman–Crippen LogP) is 21.3. The average molecular weight is 1250 g/mol. The molecule has 89 heavy (non-hydrogen) atoms. The van der Waals surface area contributed by atoms with E-state index < -0.39 is 0 Å². The Kier molecular flexibility index (Phi) is 31.4. The quantitative estimate of drug-likeness (QED) is 0.0468. The molecule has 0 aromatic rings. The van der Waals surface area contributed by atoms with Gasteiger partial charge in [0, 0.05) is 0 Å². The van der Waals surface area contributed by atoms with Crippen LogP contribution in [0.15, 0.2) is 0 Å².